The second-order valence-electron chi connectivity index (χ2n) is 3.06. The first-order valence-corrected chi connectivity index (χ1v) is 3.90. The monoisotopic (exact) mass is 163 g/mol. The summed E-state index contributed by atoms with van der Waals surface area (Å²) in [6, 6.07) is 5.64. The predicted molar refractivity (Wildman–Crippen MR) is 48.8 cm³/mol. The minimum absolute atomic E-state index is 0.511. The summed E-state index contributed by atoms with van der Waals surface area (Å²) < 4.78 is 0. The highest BCUT2D eigenvalue weighted by Crippen LogP contribution is 2.11. The fourth-order valence-electron chi connectivity index (χ4n) is 0.942. The third-order valence-electron chi connectivity index (χ3n) is 1.70. The van der Waals surface area contributed by atoms with Crippen molar-refractivity contribution in [2.45, 2.75) is 18.9 Å². The largest absolute Gasteiger partial charge is 0.386 e. The van der Waals surface area contributed by atoms with Crippen molar-refractivity contribution in [2.75, 3.05) is 0 Å². The van der Waals surface area contributed by atoms with Gasteiger partial charge in [0, 0.05) is 18.3 Å². The van der Waals surface area contributed by atoms with E-state index in [-0.39, 0.29) is 0 Å². The van der Waals surface area contributed by atoms with Gasteiger partial charge in [-0.15, -0.1) is 6.58 Å². The Bertz CT molecular complexity index is 254. The summed E-state index contributed by atoms with van der Waals surface area (Å²) in [6.45, 7) is 5.27. The van der Waals surface area contributed by atoms with Crippen molar-refractivity contribution < 1.29 is 5.11 Å². The fourth-order valence-corrected chi connectivity index (χ4v) is 0.942. The van der Waals surface area contributed by atoms with Crippen molar-refractivity contribution >= 4 is 0 Å². The van der Waals surface area contributed by atoms with Gasteiger partial charge in [-0.2, -0.15) is 0 Å². The maximum Gasteiger partial charge on any atom is 0.0852 e. The van der Waals surface area contributed by atoms with Crippen LogP contribution in [0.1, 0.15) is 12.6 Å². The van der Waals surface area contributed by atoms with Gasteiger partial charge in [-0.1, -0.05) is 12.1 Å². The van der Waals surface area contributed by atoms with Gasteiger partial charge >= 0.3 is 0 Å². The quantitative estimate of drug-likeness (QED) is 0.686. The molecule has 0 aromatic carbocycles. The summed E-state index contributed by atoms with van der Waals surface area (Å²) >= 11 is 0. The third-order valence-corrected chi connectivity index (χ3v) is 1.70. The van der Waals surface area contributed by atoms with E-state index in [9.17, 15) is 5.11 Å². The number of aromatic nitrogens is 1. The Kier molecular flexibility index (Phi) is 2.61. The summed E-state index contributed by atoms with van der Waals surface area (Å²) in [5, 5.41) is 9.62. The molecule has 2 nitrogen and oxygen atoms in total. The molecule has 0 saturated heterocycles. The lowest BCUT2D eigenvalue weighted by Gasteiger charge is -2.17. The van der Waals surface area contributed by atoms with Crippen LogP contribution in [-0.4, -0.2) is 15.7 Å². The van der Waals surface area contributed by atoms with Crippen LogP contribution in [0, 0.1) is 0 Å². The maximum atomic E-state index is 9.62. The number of aliphatic hydroxyl groups is 1. The van der Waals surface area contributed by atoms with Gasteiger partial charge in [-0.25, -0.2) is 0 Å². The molecule has 1 unspecified atom stereocenters. The van der Waals surface area contributed by atoms with E-state index >= 15 is 0 Å². The number of rotatable bonds is 3. The van der Waals surface area contributed by atoms with Gasteiger partial charge in [-0.05, 0) is 19.1 Å². The highest BCUT2D eigenvalue weighted by molar-refractivity contribution is 5.09. The molecule has 64 valence electrons. The molecule has 0 aliphatic carbocycles. The standard InChI is InChI=1S/C10H13NO/c1-3-10(2,12)8-9-6-4-5-7-11-9/h3-7,12H,1,8H2,2H3. The zero-order valence-corrected chi connectivity index (χ0v) is 7.20. The highest BCUT2D eigenvalue weighted by atomic mass is 16.3. The van der Waals surface area contributed by atoms with Gasteiger partial charge in [-0.3, -0.25) is 4.98 Å². The first-order chi connectivity index (χ1) is 5.64. The van der Waals surface area contributed by atoms with Gasteiger partial charge in [0.25, 0.3) is 0 Å². The van der Waals surface area contributed by atoms with Crippen LogP contribution in [0.4, 0.5) is 0 Å². The Morgan fingerprint density at radius 1 is 1.67 bits per heavy atom. The van der Waals surface area contributed by atoms with Crippen LogP contribution in [0.3, 0.4) is 0 Å². The van der Waals surface area contributed by atoms with Crippen molar-refractivity contribution in [3.8, 4) is 0 Å². The number of hydrogen-bond donors (Lipinski definition) is 1. The van der Waals surface area contributed by atoms with Crippen LogP contribution in [0.5, 0.6) is 0 Å². The van der Waals surface area contributed by atoms with Crippen molar-refractivity contribution in [3.63, 3.8) is 0 Å². The van der Waals surface area contributed by atoms with Gasteiger partial charge < -0.3 is 5.11 Å². The van der Waals surface area contributed by atoms with Crippen LogP contribution < -0.4 is 0 Å². The lowest BCUT2D eigenvalue weighted by atomic mass is 10.0. The van der Waals surface area contributed by atoms with Crippen molar-refractivity contribution in [3.05, 3.63) is 42.7 Å². The van der Waals surface area contributed by atoms with E-state index in [4.69, 9.17) is 0 Å². The van der Waals surface area contributed by atoms with Crippen molar-refractivity contribution in [1.29, 1.82) is 0 Å². The first-order valence-electron chi connectivity index (χ1n) is 3.90. The minimum atomic E-state index is -0.853. The molecule has 0 fully saturated rings. The van der Waals surface area contributed by atoms with E-state index in [0.717, 1.165) is 5.69 Å². The number of nitrogens with zero attached hydrogens (tertiary/aromatic N) is 1. The molecule has 2 heteroatoms. The van der Waals surface area contributed by atoms with Gasteiger partial charge in [0.05, 0.1) is 5.60 Å². The molecule has 0 aliphatic heterocycles. The second-order valence-corrected chi connectivity index (χ2v) is 3.06. The first kappa shape index (κ1) is 8.94. The summed E-state index contributed by atoms with van der Waals surface area (Å²) in [4.78, 5) is 4.10. The smallest absolute Gasteiger partial charge is 0.0852 e. The molecule has 0 saturated carbocycles. The minimum Gasteiger partial charge on any atom is -0.386 e. The molecule has 0 bridgehead atoms. The summed E-state index contributed by atoms with van der Waals surface area (Å²) in [6.07, 6.45) is 3.76. The summed E-state index contributed by atoms with van der Waals surface area (Å²) in [5.74, 6) is 0. The fraction of sp³-hybridized carbons (Fsp3) is 0.300. The molecule has 1 aromatic rings. The van der Waals surface area contributed by atoms with Gasteiger partial charge in [0.1, 0.15) is 0 Å². The van der Waals surface area contributed by atoms with Crippen molar-refractivity contribution in [1.82, 2.24) is 4.98 Å². The Balaban J connectivity index is 2.70. The molecule has 0 spiro atoms. The molecule has 1 N–H and O–H groups in total. The molecular formula is C10H13NO. The van der Waals surface area contributed by atoms with E-state index in [1.165, 1.54) is 6.08 Å². The van der Waals surface area contributed by atoms with Crippen LogP contribution >= 0.6 is 0 Å². The lowest BCUT2D eigenvalue weighted by molar-refractivity contribution is 0.111. The topological polar surface area (TPSA) is 33.1 Å². The summed E-state index contributed by atoms with van der Waals surface area (Å²) in [7, 11) is 0. The van der Waals surface area contributed by atoms with Crippen LogP contribution in [0.2, 0.25) is 0 Å². The number of hydrogen-bond acceptors (Lipinski definition) is 2. The lowest BCUT2D eigenvalue weighted by Crippen LogP contribution is -2.23. The number of pyridine rings is 1. The molecular weight excluding hydrogens is 150 g/mol. The molecule has 1 heterocycles. The average Bonchev–Trinajstić information content (AvgIpc) is 2.06. The van der Waals surface area contributed by atoms with E-state index < -0.39 is 5.60 Å². The average molecular weight is 163 g/mol. The zero-order valence-electron chi connectivity index (χ0n) is 7.20. The molecule has 1 rings (SSSR count). The Hall–Kier alpha value is -1.15. The van der Waals surface area contributed by atoms with E-state index in [0.29, 0.717) is 6.42 Å². The van der Waals surface area contributed by atoms with Crippen LogP contribution in [0.25, 0.3) is 0 Å². The molecule has 0 amide bonds. The highest BCUT2D eigenvalue weighted by Gasteiger charge is 2.15. The van der Waals surface area contributed by atoms with Crippen molar-refractivity contribution in [2.24, 2.45) is 0 Å². The summed E-state index contributed by atoms with van der Waals surface area (Å²) in [5.41, 5.74) is 0.0244. The Labute approximate surface area is 72.6 Å². The van der Waals surface area contributed by atoms with E-state index in [2.05, 4.69) is 11.6 Å². The van der Waals surface area contributed by atoms with Crippen LogP contribution in [-0.2, 0) is 6.42 Å². The molecule has 0 aliphatic rings. The Morgan fingerprint density at radius 2 is 2.42 bits per heavy atom. The SMILES string of the molecule is C=CC(C)(O)Cc1ccccn1. The van der Waals surface area contributed by atoms with Crippen LogP contribution in [0.15, 0.2) is 37.1 Å². The Morgan fingerprint density at radius 3 is 2.92 bits per heavy atom. The molecule has 12 heavy (non-hydrogen) atoms. The molecule has 1 atom stereocenters. The van der Waals surface area contributed by atoms with E-state index in [1.54, 1.807) is 13.1 Å². The molecule has 1 aromatic heterocycles. The third kappa shape index (κ3) is 2.47. The van der Waals surface area contributed by atoms with Gasteiger partial charge in [0.2, 0.25) is 0 Å². The van der Waals surface area contributed by atoms with E-state index in [1.807, 2.05) is 18.2 Å². The maximum absolute atomic E-state index is 9.62. The van der Waals surface area contributed by atoms with Gasteiger partial charge in [0.15, 0.2) is 0 Å². The zero-order chi connectivity index (χ0) is 9.03. The second kappa shape index (κ2) is 3.50. The molecule has 0 radical (unpaired) electrons. The normalized spacial score (nSPS) is 15.2. The predicted octanol–water partition coefficient (Wildman–Crippen LogP) is 1.56.